The molecule has 2 rings (SSSR count). The van der Waals surface area contributed by atoms with E-state index in [1.807, 2.05) is 36.4 Å². The second kappa shape index (κ2) is 6.02. The monoisotopic (exact) mass is 244 g/mol. The molecule has 0 aliphatic rings. The van der Waals surface area contributed by atoms with Crippen molar-refractivity contribution in [2.45, 2.75) is 6.10 Å². The minimum absolute atomic E-state index is 0.429. The lowest BCUT2D eigenvalue weighted by Crippen LogP contribution is -2.12. The Morgan fingerprint density at radius 3 is 2.94 bits per heavy atom. The molecular formula is C14H16N2O2. The third-order valence-electron chi connectivity index (χ3n) is 2.64. The van der Waals surface area contributed by atoms with Crippen LogP contribution in [-0.2, 0) is 0 Å². The van der Waals surface area contributed by atoms with Crippen molar-refractivity contribution in [2.24, 2.45) is 0 Å². The van der Waals surface area contributed by atoms with E-state index in [0.717, 1.165) is 17.0 Å². The van der Waals surface area contributed by atoms with Gasteiger partial charge in [0, 0.05) is 36.3 Å². The fraction of sp³-hybridized carbons (Fsp3) is 0.214. The van der Waals surface area contributed by atoms with Crippen LogP contribution in [-0.4, -0.2) is 23.7 Å². The number of nitrogens with zero attached hydrogens (tertiary/aromatic N) is 1. The van der Waals surface area contributed by atoms with Crippen LogP contribution in [0.3, 0.4) is 0 Å². The molecular weight excluding hydrogens is 228 g/mol. The number of aliphatic hydroxyl groups is 1. The Hall–Kier alpha value is -2.07. The van der Waals surface area contributed by atoms with Gasteiger partial charge in [-0.15, -0.1) is 0 Å². The summed E-state index contributed by atoms with van der Waals surface area (Å²) in [6.07, 6.45) is 2.77. The molecule has 1 unspecified atom stereocenters. The van der Waals surface area contributed by atoms with Gasteiger partial charge in [-0.2, -0.15) is 0 Å². The average Bonchev–Trinajstić information content (AvgIpc) is 2.46. The lowest BCUT2D eigenvalue weighted by Gasteiger charge is -2.13. The molecule has 4 heteroatoms. The summed E-state index contributed by atoms with van der Waals surface area (Å²) in [6, 6.07) is 11.3. The van der Waals surface area contributed by atoms with Crippen LogP contribution in [0.15, 0.2) is 48.8 Å². The van der Waals surface area contributed by atoms with E-state index in [0.29, 0.717) is 6.54 Å². The smallest absolute Gasteiger partial charge is 0.120 e. The largest absolute Gasteiger partial charge is 0.497 e. The summed E-state index contributed by atoms with van der Waals surface area (Å²) < 4.78 is 5.13. The summed E-state index contributed by atoms with van der Waals surface area (Å²) in [5.41, 5.74) is 1.71. The Morgan fingerprint density at radius 2 is 2.22 bits per heavy atom. The first-order chi connectivity index (χ1) is 8.79. The van der Waals surface area contributed by atoms with Gasteiger partial charge in [-0.25, -0.2) is 0 Å². The highest BCUT2D eigenvalue weighted by atomic mass is 16.5. The van der Waals surface area contributed by atoms with Crippen LogP contribution in [0.2, 0.25) is 0 Å². The number of nitrogens with one attached hydrogen (secondary N) is 1. The SMILES string of the molecule is COc1cccc(NCC(O)c2cccnc2)c1. The van der Waals surface area contributed by atoms with Crippen molar-refractivity contribution >= 4 is 5.69 Å². The molecule has 1 aromatic carbocycles. The number of hydrogen-bond acceptors (Lipinski definition) is 4. The molecule has 0 spiro atoms. The summed E-state index contributed by atoms with van der Waals surface area (Å²) >= 11 is 0. The van der Waals surface area contributed by atoms with Crippen LogP contribution < -0.4 is 10.1 Å². The highest BCUT2D eigenvalue weighted by molar-refractivity contribution is 5.48. The van der Waals surface area contributed by atoms with Crippen LogP contribution in [0.5, 0.6) is 5.75 Å². The number of ether oxygens (including phenoxy) is 1. The molecule has 2 N–H and O–H groups in total. The Balaban J connectivity index is 1.95. The van der Waals surface area contributed by atoms with Crippen molar-refractivity contribution in [3.8, 4) is 5.75 Å². The van der Waals surface area contributed by atoms with Gasteiger partial charge in [-0.1, -0.05) is 12.1 Å². The lowest BCUT2D eigenvalue weighted by atomic mass is 10.1. The molecule has 1 heterocycles. The Kier molecular flexibility index (Phi) is 4.15. The van der Waals surface area contributed by atoms with E-state index in [2.05, 4.69) is 10.3 Å². The first-order valence-electron chi connectivity index (χ1n) is 5.75. The molecule has 4 nitrogen and oxygen atoms in total. The maximum atomic E-state index is 9.97. The molecule has 1 atom stereocenters. The van der Waals surface area contributed by atoms with Gasteiger partial charge in [-0.05, 0) is 18.2 Å². The van der Waals surface area contributed by atoms with Gasteiger partial charge < -0.3 is 15.2 Å². The molecule has 0 fully saturated rings. The fourth-order valence-electron chi connectivity index (χ4n) is 1.64. The zero-order valence-electron chi connectivity index (χ0n) is 10.2. The van der Waals surface area contributed by atoms with E-state index in [1.165, 1.54) is 0 Å². The molecule has 0 aliphatic carbocycles. The van der Waals surface area contributed by atoms with Crippen molar-refractivity contribution in [1.82, 2.24) is 4.98 Å². The van der Waals surface area contributed by atoms with Crippen molar-refractivity contribution in [3.63, 3.8) is 0 Å². The minimum Gasteiger partial charge on any atom is -0.497 e. The number of methoxy groups -OCH3 is 1. The number of hydrogen-bond donors (Lipinski definition) is 2. The van der Waals surface area contributed by atoms with Gasteiger partial charge in [-0.3, -0.25) is 4.98 Å². The minimum atomic E-state index is -0.579. The predicted molar refractivity (Wildman–Crippen MR) is 70.7 cm³/mol. The van der Waals surface area contributed by atoms with Gasteiger partial charge in [0.05, 0.1) is 13.2 Å². The van der Waals surface area contributed by atoms with Crippen molar-refractivity contribution in [2.75, 3.05) is 19.0 Å². The van der Waals surface area contributed by atoms with E-state index in [-0.39, 0.29) is 0 Å². The molecule has 0 saturated heterocycles. The Labute approximate surface area is 106 Å². The molecule has 0 amide bonds. The average molecular weight is 244 g/mol. The number of benzene rings is 1. The number of anilines is 1. The molecule has 1 aromatic heterocycles. The van der Waals surface area contributed by atoms with E-state index in [4.69, 9.17) is 4.74 Å². The summed E-state index contributed by atoms with van der Waals surface area (Å²) in [4.78, 5) is 3.98. The second-order valence-electron chi connectivity index (χ2n) is 3.92. The molecule has 0 saturated carbocycles. The normalized spacial score (nSPS) is 11.9. The molecule has 0 radical (unpaired) electrons. The third kappa shape index (κ3) is 3.21. The highest BCUT2D eigenvalue weighted by Gasteiger charge is 2.06. The van der Waals surface area contributed by atoms with Crippen LogP contribution in [0.25, 0.3) is 0 Å². The maximum Gasteiger partial charge on any atom is 0.120 e. The van der Waals surface area contributed by atoms with Gasteiger partial charge in [0.1, 0.15) is 5.75 Å². The third-order valence-corrected chi connectivity index (χ3v) is 2.64. The Bertz CT molecular complexity index is 488. The van der Waals surface area contributed by atoms with Crippen molar-refractivity contribution in [1.29, 1.82) is 0 Å². The first-order valence-corrected chi connectivity index (χ1v) is 5.75. The zero-order valence-corrected chi connectivity index (χ0v) is 10.2. The summed E-state index contributed by atoms with van der Waals surface area (Å²) in [6.45, 7) is 0.429. The van der Waals surface area contributed by atoms with Crippen LogP contribution in [0.1, 0.15) is 11.7 Å². The van der Waals surface area contributed by atoms with Gasteiger partial charge in [0.15, 0.2) is 0 Å². The molecule has 94 valence electrons. The van der Waals surface area contributed by atoms with Crippen LogP contribution in [0.4, 0.5) is 5.69 Å². The highest BCUT2D eigenvalue weighted by Crippen LogP contribution is 2.18. The molecule has 2 aromatic rings. The van der Waals surface area contributed by atoms with E-state index in [9.17, 15) is 5.11 Å². The topological polar surface area (TPSA) is 54.4 Å². The lowest BCUT2D eigenvalue weighted by molar-refractivity contribution is 0.191. The number of rotatable bonds is 5. The Morgan fingerprint density at radius 1 is 1.33 bits per heavy atom. The van der Waals surface area contributed by atoms with Crippen LogP contribution in [0, 0.1) is 0 Å². The van der Waals surface area contributed by atoms with Crippen LogP contribution >= 0.6 is 0 Å². The molecule has 18 heavy (non-hydrogen) atoms. The first kappa shape index (κ1) is 12.4. The molecule has 0 aliphatic heterocycles. The number of aromatic nitrogens is 1. The summed E-state index contributed by atoms with van der Waals surface area (Å²) in [5.74, 6) is 0.788. The fourth-order valence-corrected chi connectivity index (χ4v) is 1.64. The maximum absolute atomic E-state index is 9.97. The van der Waals surface area contributed by atoms with Crippen molar-refractivity contribution < 1.29 is 9.84 Å². The predicted octanol–water partition coefficient (Wildman–Crippen LogP) is 2.24. The zero-order chi connectivity index (χ0) is 12.8. The summed E-state index contributed by atoms with van der Waals surface area (Å²) in [5, 5.41) is 13.1. The standard InChI is InChI=1S/C14H16N2O2/c1-18-13-6-2-5-12(8-13)16-10-14(17)11-4-3-7-15-9-11/h2-9,14,16-17H,10H2,1H3. The summed E-state index contributed by atoms with van der Waals surface area (Å²) in [7, 11) is 1.63. The number of pyridine rings is 1. The van der Waals surface area contributed by atoms with E-state index in [1.54, 1.807) is 19.5 Å². The van der Waals surface area contributed by atoms with Gasteiger partial charge in [0.25, 0.3) is 0 Å². The number of aliphatic hydroxyl groups excluding tert-OH is 1. The van der Waals surface area contributed by atoms with Crippen molar-refractivity contribution in [3.05, 3.63) is 54.4 Å². The molecule has 0 bridgehead atoms. The van der Waals surface area contributed by atoms with E-state index >= 15 is 0 Å². The van der Waals surface area contributed by atoms with Gasteiger partial charge in [0.2, 0.25) is 0 Å². The van der Waals surface area contributed by atoms with E-state index < -0.39 is 6.10 Å². The van der Waals surface area contributed by atoms with Gasteiger partial charge >= 0.3 is 0 Å². The second-order valence-corrected chi connectivity index (χ2v) is 3.92. The quantitative estimate of drug-likeness (QED) is 0.847.